The van der Waals surface area contributed by atoms with Crippen LogP contribution in [-0.4, -0.2) is 40.7 Å². The summed E-state index contributed by atoms with van der Waals surface area (Å²) in [5, 5.41) is 2.91. The molecule has 0 aliphatic heterocycles. The predicted molar refractivity (Wildman–Crippen MR) is 101 cm³/mol. The van der Waals surface area contributed by atoms with E-state index in [0.717, 1.165) is 24.9 Å². The van der Waals surface area contributed by atoms with Crippen LogP contribution in [0, 0.1) is 0 Å². The second-order valence-corrected chi connectivity index (χ2v) is 8.18. The predicted octanol–water partition coefficient (Wildman–Crippen LogP) is 3.00. The Morgan fingerprint density at radius 1 is 1.16 bits per heavy atom. The first kappa shape index (κ1) is 19.3. The van der Waals surface area contributed by atoms with Crippen molar-refractivity contribution in [1.82, 2.24) is 5.32 Å². The van der Waals surface area contributed by atoms with Crippen molar-refractivity contribution in [2.75, 3.05) is 31.3 Å². The molecule has 2 rings (SSSR count). The number of hydrogen-bond donors (Lipinski definition) is 1. The molecule has 0 bridgehead atoms. The Morgan fingerprint density at radius 3 is 2.48 bits per heavy atom. The molecule has 1 N–H and O–H groups in total. The number of halogens is 1. The Bertz CT molecular complexity index is 839. The fourth-order valence-electron chi connectivity index (χ4n) is 2.36. The van der Waals surface area contributed by atoms with Gasteiger partial charge < -0.3 is 10.2 Å². The van der Waals surface area contributed by atoms with E-state index in [4.69, 9.17) is 11.6 Å². The smallest absolute Gasteiger partial charge is 0.251 e. The van der Waals surface area contributed by atoms with E-state index < -0.39 is 9.84 Å². The summed E-state index contributed by atoms with van der Waals surface area (Å²) in [5.41, 5.74) is 1.39. The Balaban J connectivity index is 1.89. The summed E-state index contributed by atoms with van der Waals surface area (Å²) in [5.74, 6) is -0.316. The summed E-state index contributed by atoms with van der Waals surface area (Å²) >= 11 is 5.89. The van der Waals surface area contributed by atoms with E-state index in [1.165, 1.54) is 18.2 Å². The number of nitrogens with zero attached hydrogens (tertiary/aromatic N) is 1. The van der Waals surface area contributed by atoms with Crippen LogP contribution in [0.1, 0.15) is 16.8 Å². The van der Waals surface area contributed by atoms with Crippen molar-refractivity contribution in [3.05, 3.63) is 59.1 Å². The summed E-state index contributed by atoms with van der Waals surface area (Å²) in [6.07, 6.45) is 1.83. The first-order valence-electron chi connectivity index (χ1n) is 7.83. The lowest BCUT2D eigenvalue weighted by molar-refractivity contribution is 0.0953. The molecule has 0 aliphatic rings. The van der Waals surface area contributed by atoms with Crippen molar-refractivity contribution in [2.24, 2.45) is 0 Å². The number of benzene rings is 2. The Morgan fingerprint density at radius 2 is 1.84 bits per heavy atom. The number of nitrogens with one attached hydrogen (secondary N) is 1. The molecule has 134 valence electrons. The molecular weight excluding hydrogens is 360 g/mol. The molecule has 0 spiro atoms. The summed E-state index contributed by atoms with van der Waals surface area (Å²) in [6.45, 7) is 1.28. The number of sulfone groups is 1. The third kappa shape index (κ3) is 5.47. The molecule has 0 aliphatic carbocycles. The third-order valence-corrected chi connectivity index (χ3v) is 5.32. The largest absolute Gasteiger partial charge is 0.375 e. The van der Waals surface area contributed by atoms with Gasteiger partial charge in [-0.25, -0.2) is 8.42 Å². The molecule has 5 nitrogen and oxygen atoms in total. The van der Waals surface area contributed by atoms with Crippen LogP contribution in [0.3, 0.4) is 0 Å². The van der Waals surface area contributed by atoms with Gasteiger partial charge in [-0.05, 0) is 36.8 Å². The number of amides is 1. The molecule has 25 heavy (non-hydrogen) atoms. The van der Waals surface area contributed by atoms with E-state index in [-0.39, 0.29) is 21.4 Å². The van der Waals surface area contributed by atoms with E-state index >= 15 is 0 Å². The summed E-state index contributed by atoms with van der Waals surface area (Å²) < 4.78 is 23.4. The molecule has 0 unspecified atom stereocenters. The lowest BCUT2D eigenvalue weighted by atomic mass is 10.2. The molecule has 0 fully saturated rings. The van der Waals surface area contributed by atoms with Gasteiger partial charge in [-0.3, -0.25) is 4.79 Å². The Hall–Kier alpha value is -2.05. The topological polar surface area (TPSA) is 66.5 Å². The minimum Gasteiger partial charge on any atom is -0.375 e. The molecule has 0 radical (unpaired) electrons. The molecule has 0 atom stereocenters. The molecule has 0 aromatic heterocycles. The SMILES string of the molecule is CN(CCCNC(=O)c1ccc(Cl)c(S(C)(=O)=O)c1)c1ccccc1. The molecular formula is C18H21ClN2O3S. The number of hydrogen-bond acceptors (Lipinski definition) is 4. The second-order valence-electron chi connectivity index (χ2n) is 5.78. The maximum absolute atomic E-state index is 12.2. The van der Waals surface area contributed by atoms with Crippen LogP contribution in [-0.2, 0) is 9.84 Å². The minimum absolute atomic E-state index is 0.0365. The highest BCUT2D eigenvalue weighted by Gasteiger charge is 2.15. The van der Waals surface area contributed by atoms with Crippen LogP contribution in [0.15, 0.2) is 53.4 Å². The number of para-hydroxylation sites is 1. The summed E-state index contributed by atoms with van der Waals surface area (Å²) in [7, 11) is -1.48. The number of rotatable bonds is 7. The highest BCUT2D eigenvalue weighted by atomic mass is 35.5. The van der Waals surface area contributed by atoms with Gasteiger partial charge in [0.15, 0.2) is 9.84 Å². The van der Waals surface area contributed by atoms with Gasteiger partial charge in [0.2, 0.25) is 0 Å². The van der Waals surface area contributed by atoms with Gasteiger partial charge in [0, 0.05) is 37.6 Å². The van der Waals surface area contributed by atoms with E-state index in [9.17, 15) is 13.2 Å². The summed E-state index contributed by atoms with van der Waals surface area (Å²) in [4.78, 5) is 14.3. The first-order chi connectivity index (χ1) is 11.8. The number of carbonyl (C=O) groups excluding carboxylic acids is 1. The Labute approximate surface area is 153 Å². The highest BCUT2D eigenvalue weighted by Crippen LogP contribution is 2.22. The van der Waals surface area contributed by atoms with Crippen molar-refractivity contribution < 1.29 is 13.2 Å². The zero-order valence-electron chi connectivity index (χ0n) is 14.2. The van der Waals surface area contributed by atoms with Crippen molar-refractivity contribution >= 4 is 33.0 Å². The van der Waals surface area contributed by atoms with Gasteiger partial charge >= 0.3 is 0 Å². The van der Waals surface area contributed by atoms with Gasteiger partial charge in [0.05, 0.1) is 9.92 Å². The van der Waals surface area contributed by atoms with Crippen molar-refractivity contribution in [2.45, 2.75) is 11.3 Å². The zero-order chi connectivity index (χ0) is 18.4. The average Bonchev–Trinajstić information content (AvgIpc) is 2.58. The van der Waals surface area contributed by atoms with Crippen LogP contribution in [0.2, 0.25) is 5.02 Å². The summed E-state index contributed by atoms with van der Waals surface area (Å²) in [6, 6.07) is 14.2. The van der Waals surface area contributed by atoms with E-state index in [0.29, 0.717) is 6.54 Å². The van der Waals surface area contributed by atoms with Crippen LogP contribution < -0.4 is 10.2 Å². The number of anilines is 1. The molecule has 0 saturated carbocycles. The van der Waals surface area contributed by atoms with Gasteiger partial charge in [-0.2, -0.15) is 0 Å². The molecule has 2 aromatic rings. The fraction of sp³-hybridized carbons (Fsp3) is 0.278. The van der Waals surface area contributed by atoms with Gasteiger partial charge in [-0.1, -0.05) is 29.8 Å². The van der Waals surface area contributed by atoms with Crippen molar-refractivity contribution in [3.63, 3.8) is 0 Å². The van der Waals surface area contributed by atoms with E-state index in [1.807, 2.05) is 37.4 Å². The standard InChI is InChI=1S/C18H21ClN2O3S/c1-21(15-7-4-3-5-8-15)12-6-11-20-18(22)14-9-10-16(19)17(13-14)25(2,23)24/h3-5,7-10,13H,6,11-12H2,1-2H3,(H,20,22). The molecule has 2 aromatic carbocycles. The second kappa shape index (κ2) is 8.36. The fourth-order valence-corrected chi connectivity index (χ4v) is 3.66. The van der Waals surface area contributed by atoms with Crippen molar-refractivity contribution in [1.29, 1.82) is 0 Å². The molecule has 7 heteroatoms. The third-order valence-electron chi connectivity index (χ3n) is 3.75. The van der Waals surface area contributed by atoms with Crippen LogP contribution in [0.5, 0.6) is 0 Å². The van der Waals surface area contributed by atoms with Crippen LogP contribution in [0.4, 0.5) is 5.69 Å². The van der Waals surface area contributed by atoms with Gasteiger partial charge in [-0.15, -0.1) is 0 Å². The van der Waals surface area contributed by atoms with Crippen LogP contribution >= 0.6 is 11.6 Å². The maximum atomic E-state index is 12.2. The van der Waals surface area contributed by atoms with Crippen molar-refractivity contribution in [3.8, 4) is 0 Å². The maximum Gasteiger partial charge on any atom is 0.251 e. The monoisotopic (exact) mass is 380 g/mol. The average molecular weight is 381 g/mol. The van der Waals surface area contributed by atoms with E-state index in [2.05, 4.69) is 10.2 Å². The first-order valence-corrected chi connectivity index (χ1v) is 10.1. The molecule has 0 heterocycles. The lowest BCUT2D eigenvalue weighted by Crippen LogP contribution is -2.28. The van der Waals surface area contributed by atoms with Crippen LogP contribution in [0.25, 0.3) is 0 Å². The highest BCUT2D eigenvalue weighted by molar-refractivity contribution is 7.90. The molecule has 0 saturated heterocycles. The quantitative estimate of drug-likeness (QED) is 0.750. The Kier molecular flexibility index (Phi) is 6.45. The van der Waals surface area contributed by atoms with Gasteiger partial charge in [0.25, 0.3) is 5.91 Å². The molecule has 1 amide bonds. The van der Waals surface area contributed by atoms with Gasteiger partial charge in [0.1, 0.15) is 0 Å². The lowest BCUT2D eigenvalue weighted by Gasteiger charge is -2.19. The van der Waals surface area contributed by atoms with E-state index in [1.54, 1.807) is 0 Å². The zero-order valence-corrected chi connectivity index (χ0v) is 15.8. The minimum atomic E-state index is -3.48. The number of carbonyl (C=O) groups is 1. The normalized spacial score (nSPS) is 11.2.